The van der Waals surface area contributed by atoms with Crippen LogP contribution in [0.5, 0.6) is 17.2 Å². The molecule has 0 aliphatic heterocycles. The third-order valence-electron chi connectivity index (χ3n) is 4.04. The lowest BCUT2D eigenvalue weighted by molar-refractivity contribution is 0.102. The maximum absolute atomic E-state index is 12.7. The molecule has 0 atom stereocenters. The molecule has 0 saturated carbocycles. The highest BCUT2D eigenvalue weighted by atomic mass is 16.5. The summed E-state index contributed by atoms with van der Waals surface area (Å²) in [4.78, 5) is 12.7. The van der Waals surface area contributed by atoms with Gasteiger partial charge in [-0.15, -0.1) is 0 Å². The molecule has 140 valence electrons. The lowest BCUT2D eigenvalue weighted by Crippen LogP contribution is -2.13. The summed E-state index contributed by atoms with van der Waals surface area (Å²) in [6, 6.07) is 14.7. The minimum atomic E-state index is -0.331. The quantitative estimate of drug-likeness (QED) is 0.722. The van der Waals surface area contributed by atoms with Crippen molar-refractivity contribution in [2.75, 3.05) is 26.6 Å². The number of methoxy groups -OCH3 is 3. The third kappa shape index (κ3) is 3.72. The van der Waals surface area contributed by atoms with Gasteiger partial charge in [0.25, 0.3) is 5.91 Å². The maximum Gasteiger partial charge on any atom is 0.276 e. The number of hydrogen-bond acceptors (Lipinski definition) is 5. The van der Waals surface area contributed by atoms with Gasteiger partial charge in [0.1, 0.15) is 0 Å². The zero-order valence-corrected chi connectivity index (χ0v) is 15.6. The van der Waals surface area contributed by atoms with Gasteiger partial charge in [-0.2, -0.15) is 5.10 Å². The molecule has 0 bridgehead atoms. The van der Waals surface area contributed by atoms with Crippen molar-refractivity contribution in [3.63, 3.8) is 0 Å². The standard InChI is InChI=1S/C20H21N3O4/c1-13-10-16(22-23(13)15-8-6-5-7-9-15)20(24)21-14-11-17(25-2)19(27-4)18(12-14)26-3/h5-12H,1-4H3,(H,21,24). The fourth-order valence-electron chi connectivity index (χ4n) is 2.76. The van der Waals surface area contributed by atoms with Gasteiger partial charge in [0.05, 0.1) is 27.0 Å². The van der Waals surface area contributed by atoms with Crippen LogP contribution in [0.2, 0.25) is 0 Å². The monoisotopic (exact) mass is 367 g/mol. The number of nitrogens with zero attached hydrogens (tertiary/aromatic N) is 2. The minimum Gasteiger partial charge on any atom is -0.493 e. The topological polar surface area (TPSA) is 74.6 Å². The Morgan fingerprint density at radius 1 is 0.963 bits per heavy atom. The molecule has 1 aromatic heterocycles. The fourth-order valence-corrected chi connectivity index (χ4v) is 2.76. The van der Waals surface area contributed by atoms with Crippen LogP contribution in [0.25, 0.3) is 5.69 Å². The second kappa shape index (κ2) is 7.82. The first kappa shape index (κ1) is 18.3. The van der Waals surface area contributed by atoms with E-state index in [-0.39, 0.29) is 5.91 Å². The van der Waals surface area contributed by atoms with Crippen molar-refractivity contribution in [2.45, 2.75) is 6.92 Å². The van der Waals surface area contributed by atoms with Gasteiger partial charge < -0.3 is 19.5 Å². The SMILES string of the molecule is COc1cc(NC(=O)c2cc(C)n(-c3ccccc3)n2)cc(OC)c1OC. The summed E-state index contributed by atoms with van der Waals surface area (Å²) in [5, 5.41) is 7.23. The van der Waals surface area contributed by atoms with E-state index in [0.717, 1.165) is 11.4 Å². The van der Waals surface area contributed by atoms with E-state index in [0.29, 0.717) is 28.6 Å². The normalized spacial score (nSPS) is 10.4. The van der Waals surface area contributed by atoms with Gasteiger partial charge in [0, 0.05) is 23.5 Å². The van der Waals surface area contributed by atoms with Crippen molar-refractivity contribution in [3.8, 4) is 22.9 Å². The second-order valence-corrected chi connectivity index (χ2v) is 5.79. The van der Waals surface area contributed by atoms with Crippen molar-refractivity contribution in [2.24, 2.45) is 0 Å². The zero-order valence-electron chi connectivity index (χ0n) is 15.6. The van der Waals surface area contributed by atoms with Gasteiger partial charge in [-0.25, -0.2) is 4.68 Å². The number of aromatic nitrogens is 2. The van der Waals surface area contributed by atoms with Crippen molar-refractivity contribution in [1.82, 2.24) is 9.78 Å². The number of para-hydroxylation sites is 1. The Hall–Kier alpha value is -3.48. The van der Waals surface area contributed by atoms with Crippen LogP contribution < -0.4 is 19.5 Å². The van der Waals surface area contributed by atoms with Gasteiger partial charge >= 0.3 is 0 Å². The number of anilines is 1. The van der Waals surface area contributed by atoms with Crippen LogP contribution in [0.1, 0.15) is 16.2 Å². The molecule has 0 unspecified atom stereocenters. The first-order valence-electron chi connectivity index (χ1n) is 8.30. The molecule has 0 aliphatic rings. The molecular weight excluding hydrogens is 346 g/mol. The number of rotatable bonds is 6. The van der Waals surface area contributed by atoms with Crippen molar-refractivity contribution >= 4 is 11.6 Å². The predicted octanol–water partition coefficient (Wildman–Crippen LogP) is 3.46. The summed E-state index contributed by atoms with van der Waals surface area (Å²) in [7, 11) is 4.57. The van der Waals surface area contributed by atoms with Crippen LogP contribution >= 0.6 is 0 Å². The van der Waals surface area contributed by atoms with Gasteiger partial charge in [0.15, 0.2) is 17.2 Å². The van der Waals surface area contributed by atoms with Crippen molar-refractivity contribution < 1.29 is 19.0 Å². The molecule has 0 radical (unpaired) electrons. The number of hydrogen-bond donors (Lipinski definition) is 1. The lowest BCUT2D eigenvalue weighted by atomic mass is 10.2. The van der Waals surface area contributed by atoms with Gasteiger partial charge in [-0.05, 0) is 25.1 Å². The average molecular weight is 367 g/mol. The Kier molecular flexibility index (Phi) is 5.30. The third-order valence-corrected chi connectivity index (χ3v) is 4.04. The van der Waals surface area contributed by atoms with E-state index in [4.69, 9.17) is 14.2 Å². The number of carbonyl (C=O) groups is 1. The highest BCUT2D eigenvalue weighted by Gasteiger charge is 2.17. The average Bonchev–Trinajstić information content (AvgIpc) is 3.09. The maximum atomic E-state index is 12.7. The summed E-state index contributed by atoms with van der Waals surface area (Å²) in [6.45, 7) is 1.90. The summed E-state index contributed by atoms with van der Waals surface area (Å²) >= 11 is 0. The van der Waals surface area contributed by atoms with Crippen LogP contribution in [0.3, 0.4) is 0 Å². The Bertz CT molecular complexity index is 926. The number of ether oxygens (including phenoxy) is 3. The number of benzene rings is 2. The van der Waals surface area contributed by atoms with Crippen molar-refractivity contribution in [3.05, 3.63) is 59.9 Å². The molecule has 2 aromatic carbocycles. The Morgan fingerprint density at radius 3 is 2.15 bits per heavy atom. The van der Waals surface area contributed by atoms with E-state index in [2.05, 4.69) is 10.4 Å². The summed E-state index contributed by atoms with van der Waals surface area (Å²) in [5.41, 5.74) is 2.57. The van der Waals surface area contributed by atoms with Crippen LogP contribution in [-0.2, 0) is 0 Å². The first-order valence-corrected chi connectivity index (χ1v) is 8.30. The number of aryl methyl sites for hydroxylation is 1. The number of carbonyl (C=O) groups excluding carboxylic acids is 1. The summed E-state index contributed by atoms with van der Waals surface area (Å²) < 4.78 is 17.6. The van der Waals surface area contributed by atoms with Crippen LogP contribution in [0, 0.1) is 6.92 Å². The molecule has 0 saturated heterocycles. The van der Waals surface area contributed by atoms with E-state index in [1.165, 1.54) is 21.3 Å². The molecule has 7 heteroatoms. The smallest absolute Gasteiger partial charge is 0.276 e. The Labute approximate surface area is 157 Å². The molecule has 0 spiro atoms. The second-order valence-electron chi connectivity index (χ2n) is 5.79. The molecule has 1 heterocycles. The van der Waals surface area contributed by atoms with Crippen LogP contribution in [0.15, 0.2) is 48.5 Å². The molecular formula is C20H21N3O4. The molecule has 1 N–H and O–H groups in total. The largest absolute Gasteiger partial charge is 0.493 e. The molecule has 0 aliphatic carbocycles. The minimum absolute atomic E-state index is 0.310. The van der Waals surface area contributed by atoms with Gasteiger partial charge in [-0.3, -0.25) is 4.79 Å². The zero-order chi connectivity index (χ0) is 19.4. The van der Waals surface area contributed by atoms with E-state index >= 15 is 0 Å². The summed E-state index contributed by atoms with van der Waals surface area (Å²) in [6.07, 6.45) is 0. The fraction of sp³-hybridized carbons (Fsp3) is 0.200. The van der Waals surface area contributed by atoms with E-state index in [1.54, 1.807) is 22.9 Å². The Balaban J connectivity index is 1.88. The molecule has 7 nitrogen and oxygen atoms in total. The van der Waals surface area contributed by atoms with Crippen LogP contribution in [0.4, 0.5) is 5.69 Å². The van der Waals surface area contributed by atoms with E-state index in [9.17, 15) is 4.79 Å². The van der Waals surface area contributed by atoms with Gasteiger partial charge in [-0.1, -0.05) is 18.2 Å². The molecule has 3 aromatic rings. The number of nitrogens with one attached hydrogen (secondary N) is 1. The Morgan fingerprint density at radius 2 is 1.59 bits per heavy atom. The summed E-state index contributed by atoms with van der Waals surface area (Å²) in [5.74, 6) is 1.04. The van der Waals surface area contributed by atoms with Crippen LogP contribution in [-0.4, -0.2) is 37.0 Å². The molecule has 0 fully saturated rings. The highest BCUT2D eigenvalue weighted by molar-refractivity contribution is 6.03. The number of amides is 1. The first-order chi connectivity index (χ1) is 13.1. The predicted molar refractivity (Wildman–Crippen MR) is 102 cm³/mol. The van der Waals surface area contributed by atoms with E-state index in [1.807, 2.05) is 37.3 Å². The lowest BCUT2D eigenvalue weighted by Gasteiger charge is -2.14. The highest BCUT2D eigenvalue weighted by Crippen LogP contribution is 2.40. The molecule has 27 heavy (non-hydrogen) atoms. The van der Waals surface area contributed by atoms with E-state index < -0.39 is 0 Å². The molecule has 3 rings (SSSR count). The van der Waals surface area contributed by atoms with Gasteiger partial charge in [0.2, 0.25) is 5.75 Å². The van der Waals surface area contributed by atoms with Crippen molar-refractivity contribution in [1.29, 1.82) is 0 Å². The molecule has 1 amide bonds.